The van der Waals surface area contributed by atoms with Gasteiger partial charge in [0.2, 0.25) is 5.91 Å². The summed E-state index contributed by atoms with van der Waals surface area (Å²) < 4.78 is 16.3. The molecule has 2 fully saturated rings. The maximum Gasteiger partial charge on any atom is 0.243 e. The minimum absolute atomic E-state index is 0.128. The van der Waals surface area contributed by atoms with Crippen molar-refractivity contribution in [1.29, 1.82) is 0 Å². The minimum Gasteiger partial charge on any atom is -0.352 e. The molecule has 34 heavy (non-hydrogen) atoms. The van der Waals surface area contributed by atoms with E-state index in [0.29, 0.717) is 5.52 Å². The molecule has 180 valence electrons. The molecule has 2 aromatic carbocycles. The molecule has 1 N–H and O–H groups in total. The van der Waals surface area contributed by atoms with Gasteiger partial charge in [-0.25, -0.2) is 9.37 Å². The molecule has 1 amide bonds. The predicted molar refractivity (Wildman–Crippen MR) is 134 cm³/mol. The van der Waals surface area contributed by atoms with Gasteiger partial charge < -0.3 is 9.88 Å². The molecule has 0 bridgehead atoms. The summed E-state index contributed by atoms with van der Waals surface area (Å²) in [5.74, 6) is 1.02. The number of rotatable bonds is 7. The highest BCUT2D eigenvalue weighted by atomic mass is 19.1. The van der Waals surface area contributed by atoms with Crippen molar-refractivity contribution >= 4 is 16.9 Å². The highest BCUT2D eigenvalue weighted by molar-refractivity contribution is 5.85. The van der Waals surface area contributed by atoms with Crippen LogP contribution in [0.3, 0.4) is 0 Å². The lowest BCUT2D eigenvalue weighted by Crippen LogP contribution is -2.43. The number of nitrogens with zero attached hydrogens (tertiary/aromatic N) is 2. The molecule has 1 unspecified atom stereocenters. The molecule has 3 aromatic rings. The predicted octanol–water partition coefficient (Wildman–Crippen LogP) is 6.53. The highest BCUT2D eigenvalue weighted by Gasteiger charge is 2.35. The van der Waals surface area contributed by atoms with Crippen molar-refractivity contribution in [3.8, 4) is 0 Å². The number of benzene rings is 2. The van der Waals surface area contributed by atoms with Crippen LogP contribution in [0, 0.1) is 11.7 Å². The van der Waals surface area contributed by atoms with E-state index in [9.17, 15) is 9.18 Å². The Labute approximate surface area is 202 Å². The summed E-state index contributed by atoms with van der Waals surface area (Å²) in [6.07, 6.45) is 13.0. The zero-order valence-corrected chi connectivity index (χ0v) is 20.0. The summed E-state index contributed by atoms with van der Waals surface area (Å²) in [5, 5.41) is 3.42. The fourth-order valence-corrected chi connectivity index (χ4v) is 6.03. The van der Waals surface area contributed by atoms with Gasteiger partial charge in [0.05, 0.1) is 11.0 Å². The molecule has 0 radical (unpaired) electrons. The van der Waals surface area contributed by atoms with E-state index in [4.69, 9.17) is 4.98 Å². The SMILES string of the molecule is O=C(NC1CCCCC1)C(C1CCCCC1)n1c(CCc2ccccc2)nc2cc(F)ccc21. The quantitative estimate of drug-likeness (QED) is 0.435. The first-order valence-corrected chi connectivity index (χ1v) is 13.2. The van der Waals surface area contributed by atoms with E-state index in [0.717, 1.165) is 49.9 Å². The zero-order valence-electron chi connectivity index (χ0n) is 20.0. The molecule has 4 nitrogen and oxygen atoms in total. The highest BCUT2D eigenvalue weighted by Crippen LogP contribution is 2.37. The fraction of sp³-hybridized carbons (Fsp3) is 0.517. The molecule has 2 saturated carbocycles. The van der Waals surface area contributed by atoms with Crippen LogP contribution in [0.4, 0.5) is 4.39 Å². The molecule has 5 rings (SSSR count). The largest absolute Gasteiger partial charge is 0.352 e. The Morgan fingerprint density at radius 1 is 0.941 bits per heavy atom. The van der Waals surface area contributed by atoms with Gasteiger partial charge in [0.15, 0.2) is 0 Å². The Hall–Kier alpha value is -2.69. The van der Waals surface area contributed by atoms with E-state index < -0.39 is 0 Å². The van der Waals surface area contributed by atoms with Crippen molar-refractivity contribution in [2.45, 2.75) is 89.1 Å². The number of amides is 1. The number of aryl methyl sites for hydroxylation is 2. The molecule has 0 aliphatic heterocycles. The molecule has 5 heteroatoms. The van der Waals surface area contributed by atoms with Gasteiger partial charge in [-0.3, -0.25) is 4.79 Å². The van der Waals surface area contributed by atoms with Crippen molar-refractivity contribution in [3.63, 3.8) is 0 Å². The normalized spacial score (nSPS) is 18.7. The topological polar surface area (TPSA) is 46.9 Å². The Morgan fingerprint density at radius 3 is 2.38 bits per heavy atom. The van der Waals surface area contributed by atoms with Crippen molar-refractivity contribution < 1.29 is 9.18 Å². The van der Waals surface area contributed by atoms with Crippen LogP contribution in [0.15, 0.2) is 48.5 Å². The lowest BCUT2D eigenvalue weighted by Gasteiger charge is -2.33. The van der Waals surface area contributed by atoms with Crippen LogP contribution in [0.25, 0.3) is 11.0 Å². The summed E-state index contributed by atoms with van der Waals surface area (Å²) >= 11 is 0. The van der Waals surface area contributed by atoms with E-state index in [2.05, 4.69) is 34.1 Å². The second-order valence-electron chi connectivity index (χ2n) is 10.2. The maximum absolute atomic E-state index is 14.1. The number of hydrogen-bond acceptors (Lipinski definition) is 2. The summed E-state index contributed by atoms with van der Waals surface area (Å²) in [5.41, 5.74) is 2.77. The Kier molecular flexibility index (Phi) is 7.27. The monoisotopic (exact) mass is 461 g/mol. The molecular weight excluding hydrogens is 425 g/mol. The van der Waals surface area contributed by atoms with Gasteiger partial charge in [-0.15, -0.1) is 0 Å². The van der Waals surface area contributed by atoms with E-state index in [-0.39, 0.29) is 29.7 Å². The number of aromatic nitrogens is 2. The summed E-state index contributed by atoms with van der Waals surface area (Å²) in [6.45, 7) is 0. The standard InChI is InChI=1S/C29H36FN3O/c30-23-17-18-26-25(20-23)32-27(19-16-21-10-4-1-5-11-21)33(26)28(22-12-6-2-7-13-22)29(34)31-24-14-8-3-9-15-24/h1,4-5,10-11,17-18,20,22,24,28H,2-3,6-9,12-16,19H2,(H,31,34). The summed E-state index contributed by atoms with van der Waals surface area (Å²) in [6, 6.07) is 15.2. The van der Waals surface area contributed by atoms with Crippen molar-refractivity contribution in [2.24, 2.45) is 5.92 Å². The van der Waals surface area contributed by atoms with Crippen LogP contribution in [0.2, 0.25) is 0 Å². The first-order chi connectivity index (χ1) is 16.7. The third-order valence-electron chi connectivity index (χ3n) is 7.80. The Morgan fingerprint density at radius 2 is 1.65 bits per heavy atom. The fourth-order valence-electron chi connectivity index (χ4n) is 6.03. The molecule has 2 aliphatic carbocycles. The van der Waals surface area contributed by atoms with E-state index in [1.54, 1.807) is 0 Å². The number of carbonyl (C=O) groups is 1. The molecule has 0 spiro atoms. The first kappa shape index (κ1) is 23.1. The smallest absolute Gasteiger partial charge is 0.243 e. The summed E-state index contributed by atoms with van der Waals surface area (Å²) in [7, 11) is 0. The second-order valence-corrected chi connectivity index (χ2v) is 10.2. The van der Waals surface area contributed by atoms with Gasteiger partial charge in [0.1, 0.15) is 17.7 Å². The van der Waals surface area contributed by atoms with Gasteiger partial charge in [-0.05, 0) is 55.7 Å². The average molecular weight is 462 g/mol. The number of imidazole rings is 1. The molecule has 1 heterocycles. The number of fused-ring (bicyclic) bond motifs is 1. The number of nitrogens with one attached hydrogen (secondary N) is 1. The lowest BCUT2D eigenvalue weighted by atomic mass is 9.82. The van der Waals surface area contributed by atoms with E-state index in [1.807, 2.05) is 12.1 Å². The molecular formula is C29H36FN3O. The van der Waals surface area contributed by atoms with Crippen molar-refractivity contribution in [3.05, 3.63) is 65.7 Å². The molecule has 1 aromatic heterocycles. The Bertz CT molecular complexity index is 1100. The summed E-state index contributed by atoms with van der Waals surface area (Å²) in [4.78, 5) is 18.8. The average Bonchev–Trinajstić information content (AvgIpc) is 3.22. The van der Waals surface area contributed by atoms with Crippen LogP contribution >= 0.6 is 0 Å². The van der Waals surface area contributed by atoms with Gasteiger partial charge in [0.25, 0.3) is 0 Å². The maximum atomic E-state index is 14.1. The van der Waals surface area contributed by atoms with Gasteiger partial charge in [-0.2, -0.15) is 0 Å². The Balaban J connectivity index is 1.52. The van der Waals surface area contributed by atoms with Gasteiger partial charge in [0, 0.05) is 18.5 Å². The third kappa shape index (κ3) is 5.18. The van der Waals surface area contributed by atoms with Crippen molar-refractivity contribution in [2.75, 3.05) is 0 Å². The molecule has 2 aliphatic rings. The van der Waals surface area contributed by atoms with Gasteiger partial charge in [-0.1, -0.05) is 68.9 Å². The molecule has 1 atom stereocenters. The first-order valence-electron chi connectivity index (χ1n) is 13.2. The van der Waals surface area contributed by atoms with Crippen LogP contribution in [0.1, 0.15) is 81.6 Å². The van der Waals surface area contributed by atoms with Crippen molar-refractivity contribution in [1.82, 2.24) is 14.9 Å². The number of halogens is 1. The third-order valence-corrected chi connectivity index (χ3v) is 7.80. The number of hydrogen-bond donors (Lipinski definition) is 1. The van der Waals surface area contributed by atoms with E-state index in [1.165, 1.54) is 56.2 Å². The second kappa shape index (κ2) is 10.7. The van der Waals surface area contributed by atoms with Gasteiger partial charge >= 0.3 is 0 Å². The zero-order chi connectivity index (χ0) is 23.3. The lowest BCUT2D eigenvalue weighted by molar-refractivity contribution is -0.127. The van der Waals surface area contributed by atoms with Crippen LogP contribution in [-0.2, 0) is 17.6 Å². The molecule has 0 saturated heterocycles. The van der Waals surface area contributed by atoms with Crippen LogP contribution in [-0.4, -0.2) is 21.5 Å². The number of carbonyl (C=O) groups excluding carboxylic acids is 1. The van der Waals surface area contributed by atoms with Crippen LogP contribution in [0.5, 0.6) is 0 Å². The van der Waals surface area contributed by atoms with E-state index >= 15 is 0 Å². The minimum atomic E-state index is -0.288. The van der Waals surface area contributed by atoms with Crippen LogP contribution < -0.4 is 5.32 Å².